The van der Waals surface area contributed by atoms with Crippen molar-refractivity contribution in [1.29, 1.82) is 0 Å². The molecule has 0 aliphatic carbocycles. The standard InChI is InChI=1S/C18H23N5O2S/c26-18(19-9-4-10-23-11-13-24-14-12-23)20-16-7-8-17(22-21-16)25-15-5-2-1-3-6-15/h1-3,5-8H,4,9-14H2,(H2,19,20,21,26). The van der Waals surface area contributed by atoms with Crippen LogP contribution in [0.2, 0.25) is 0 Å². The molecule has 0 unspecified atom stereocenters. The van der Waals surface area contributed by atoms with E-state index in [0.717, 1.165) is 51.6 Å². The maximum atomic E-state index is 5.61. The molecule has 2 heterocycles. The van der Waals surface area contributed by atoms with Crippen molar-refractivity contribution in [2.45, 2.75) is 6.42 Å². The van der Waals surface area contributed by atoms with Crippen LogP contribution in [0.25, 0.3) is 0 Å². The van der Waals surface area contributed by atoms with Gasteiger partial charge in [0.1, 0.15) is 5.75 Å². The zero-order valence-corrected chi connectivity index (χ0v) is 15.4. The second-order valence-corrected chi connectivity index (χ2v) is 6.27. The predicted octanol–water partition coefficient (Wildman–Crippen LogP) is 2.28. The Morgan fingerprint density at radius 1 is 1.12 bits per heavy atom. The van der Waals surface area contributed by atoms with Gasteiger partial charge < -0.3 is 20.1 Å². The van der Waals surface area contributed by atoms with Gasteiger partial charge in [0.25, 0.3) is 0 Å². The van der Waals surface area contributed by atoms with Crippen LogP contribution in [0.3, 0.4) is 0 Å². The maximum Gasteiger partial charge on any atom is 0.238 e. The molecule has 2 N–H and O–H groups in total. The highest BCUT2D eigenvalue weighted by atomic mass is 32.1. The number of hydrogen-bond acceptors (Lipinski definition) is 6. The fraction of sp³-hybridized carbons (Fsp3) is 0.389. The molecule has 0 spiro atoms. The van der Waals surface area contributed by atoms with Gasteiger partial charge in [-0.15, -0.1) is 10.2 Å². The third kappa shape index (κ3) is 6.21. The molecular weight excluding hydrogens is 350 g/mol. The van der Waals surface area contributed by atoms with E-state index in [-0.39, 0.29) is 0 Å². The number of para-hydroxylation sites is 1. The topological polar surface area (TPSA) is 71.5 Å². The van der Waals surface area contributed by atoms with Gasteiger partial charge in [0.2, 0.25) is 5.88 Å². The predicted molar refractivity (Wildman–Crippen MR) is 105 cm³/mol. The Kier molecular flexibility index (Phi) is 7.12. The van der Waals surface area contributed by atoms with Crippen LogP contribution in [0.5, 0.6) is 11.6 Å². The van der Waals surface area contributed by atoms with Crippen molar-refractivity contribution in [2.24, 2.45) is 0 Å². The van der Waals surface area contributed by atoms with Crippen molar-refractivity contribution in [3.8, 4) is 11.6 Å². The number of thiocarbonyl (C=S) groups is 1. The molecule has 138 valence electrons. The highest BCUT2D eigenvalue weighted by Gasteiger charge is 2.09. The first-order valence-corrected chi connectivity index (χ1v) is 9.12. The number of morpholine rings is 1. The van der Waals surface area contributed by atoms with E-state index in [4.69, 9.17) is 21.7 Å². The second kappa shape index (κ2) is 10.0. The van der Waals surface area contributed by atoms with Crippen LogP contribution in [-0.4, -0.2) is 59.6 Å². The average Bonchev–Trinajstić information content (AvgIpc) is 2.68. The van der Waals surface area contributed by atoms with Gasteiger partial charge in [0.05, 0.1) is 13.2 Å². The molecule has 0 atom stereocenters. The van der Waals surface area contributed by atoms with Gasteiger partial charge in [-0.25, -0.2) is 0 Å². The number of aromatic nitrogens is 2. The quantitative estimate of drug-likeness (QED) is 0.566. The molecule has 1 saturated heterocycles. The molecule has 1 fully saturated rings. The summed E-state index contributed by atoms with van der Waals surface area (Å²) in [5.74, 6) is 1.74. The highest BCUT2D eigenvalue weighted by molar-refractivity contribution is 7.80. The third-order valence-electron chi connectivity index (χ3n) is 3.89. The molecule has 8 heteroatoms. The first-order chi connectivity index (χ1) is 12.8. The Morgan fingerprint density at radius 3 is 2.65 bits per heavy atom. The van der Waals surface area contributed by atoms with Crippen LogP contribution in [0, 0.1) is 0 Å². The van der Waals surface area contributed by atoms with Gasteiger partial charge in [0.15, 0.2) is 10.9 Å². The van der Waals surface area contributed by atoms with Crippen molar-refractivity contribution < 1.29 is 9.47 Å². The fourth-order valence-corrected chi connectivity index (χ4v) is 2.75. The first-order valence-electron chi connectivity index (χ1n) is 8.71. The number of hydrogen-bond donors (Lipinski definition) is 2. The van der Waals surface area contributed by atoms with E-state index in [1.165, 1.54) is 0 Å². The summed E-state index contributed by atoms with van der Waals surface area (Å²) < 4.78 is 11.0. The summed E-state index contributed by atoms with van der Waals surface area (Å²) in [6, 6.07) is 13.0. The molecule has 0 saturated carbocycles. The van der Waals surface area contributed by atoms with E-state index >= 15 is 0 Å². The molecule has 7 nitrogen and oxygen atoms in total. The Hall–Kier alpha value is -2.29. The van der Waals surface area contributed by atoms with Crippen molar-refractivity contribution >= 4 is 23.1 Å². The lowest BCUT2D eigenvalue weighted by molar-refractivity contribution is 0.0376. The number of anilines is 1. The number of ether oxygens (including phenoxy) is 2. The number of nitrogens with zero attached hydrogens (tertiary/aromatic N) is 3. The van der Waals surface area contributed by atoms with Crippen LogP contribution in [0.1, 0.15) is 6.42 Å². The molecule has 3 rings (SSSR count). The van der Waals surface area contributed by atoms with Crippen LogP contribution in [0.4, 0.5) is 5.82 Å². The molecule has 26 heavy (non-hydrogen) atoms. The molecule has 2 aromatic rings. The Bertz CT molecular complexity index is 678. The largest absolute Gasteiger partial charge is 0.438 e. The van der Waals surface area contributed by atoms with E-state index in [9.17, 15) is 0 Å². The summed E-state index contributed by atoms with van der Waals surface area (Å²) in [6.07, 6.45) is 1.03. The average molecular weight is 373 g/mol. The molecule has 1 aliphatic heterocycles. The lowest BCUT2D eigenvalue weighted by Crippen LogP contribution is -2.38. The van der Waals surface area contributed by atoms with E-state index in [0.29, 0.717) is 16.8 Å². The second-order valence-electron chi connectivity index (χ2n) is 5.86. The van der Waals surface area contributed by atoms with Gasteiger partial charge >= 0.3 is 0 Å². The van der Waals surface area contributed by atoms with Gasteiger partial charge in [-0.1, -0.05) is 18.2 Å². The van der Waals surface area contributed by atoms with Crippen molar-refractivity contribution in [1.82, 2.24) is 20.4 Å². The van der Waals surface area contributed by atoms with E-state index in [1.807, 2.05) is 30.3 Å². The minimum Gasteiger partial charge on any atom is -0.438 e. The van der Waals surface area contributed by atoms with Crippen LogP contribution >= 0.6 is 12.2 Å². The fourth-order valence-electron chi connectivity index (χ4n) is 2.54. The van der Waals surface area contributed by atoms with Crippen molar-refractivity contribution in [2.75, 3.05) is 44.7 Å². The zero-order valence-electron chi connectivity index (χ0n) is 14.6. The number of benzene rings is 1. The minimum atomic E-state index is 0.436. The van der Waals surface area contributed by atoms with E-state index < -0.39 is 0 Å². The van der Waals surface area contributed by atoms with Crippen LogP contribution in [0.15, 0.2) is 42.5 Å². The van der Waals surface area contributed by atoms with Gasteiger partial charge in [-0.05, 0) is 43.4 Å². The van der Waals surface area contributed by atoms with Gasteiger partial charge in [-0.3, -0.25) is 4.90 Å². The maximum absolute atomic E-state index is 5.61. The lowest BCUT2D eigenvalue weighted by atomic mass is 10.3. The Balaban J connectivity index is 1.36. The third-order valence-corrected chi connectivity index (χ3v) is 4.13. The summed E-state index contributed by atoms with van der Waals surface area (Å²) in [7, 11) is 0. The van der Waals surface area contributed by atoms with E-state index in [2.05, 4.69) is 25.7 Å². The molecule has 0 radical (unpaired) electrons. The van der Waals surface area contributed by atoms with Gasteiger partial charge in [0, 0.05) is 25.7 Å². The SMILES string of the molecule is S=C(NCCCN1CCOCC1)Nc1ccc(Oc2ccccc2)nn1. The van der Waals surface area contributed by atoms with E-state index in [1.54, 1.807) is 12.1 Å². The molecule has 0 bridgehead atoms. The summed E-state index contributed by atoms with van der Waals surface area (Å²) >= 11 is 5.29. The van der Waals surface area contributed by atoms with Crippen molar-refractivity contribution in [3.63, 3.8) is 0 Å². The monoisotopic (exact) mass is 373 g/mol. The molecule has 0 amide bonds. The zero-order chi connectivity index (χ0) is 18.0. The Morgan fingerprint density at radius 2 is 1.92 bits per heavy atom. The number of nitrogens with one attached hydrogen (secondary N) is 2. The molecule has 1 aromatic heterocycles. The molecule has 1 aliphatic rings. The summed E-state index contributed by atoms with van der Waals surface area (Å²) in [6.45, 7) is 5.54. The van der Waals surface area contributed by atoms with Crippen molar-refractivity contribution in [3.05, 3.63) is 42.5 Å². The lowest BCUT2D eigenvalue weighted by Gasteiger charge is -2.26. The number of rotatable bonds is 7. The van der Waals surface area contributed by atoms with Gasteiger partial charge in [-0.2, -0.15) is 0 Å². The minimum absolute atomic E-state index is 0.436. The summed E-state index contributed by atoms with van der Waals surface area (Å²) in [4.78, 5) is 2.40. The van der Waals surface area contributed by atoms with Crippen LogP contribution < -0.4 is 15.4 Å². The molecular formula is C18H23N5O2S. The highest BCUT2D eigenvalue weighted by Crippen LogP contribution is 2.18. The Labute approximate surface area is 158 Å². The summed E-state index contributed by atoms with van der Waals surface area (Å²) in [5, 5.41) is 14.9. The first kappa shape index (κ1) is 18.5. The van der Waals surface area contributed by atoms with Crippen LogP contribution in [-0.2, 0) is 4.74 Å². The summed E-state index contributed by atoms with van der Waals surface area (Å²) in [5.41, 5.74) is 0. The smallest absolute Gasteiger partial charge is 0.238 e. The molecule has 1 aromatic carbocycles. The normalized spacial score (nSPS) is 14.6.